The van der Waals surface area contributed by atoms with E-state index in [1.54, 1.807) is 0 Å². The minimum absolute atomic E-state index is 0.152. The van der Waals surface area contributed by atoms with Crippen LogP contribution in [0.1, 0.15) is 48.3 Å². The zero-order valence-corrected chi connectivity index (χ0v) is 27.7. The summed E-state index contributed by atoms with van der Waals surface area (Å²) in [7, 11) is 0. The van der Waals surface area contributed by atoms with Gasteiger partial charge >= 0.3 is 0 Å². The van der Waals surface area contributed by atoms with E-state index in [1.165, 1.54) is 5.56 Å². The van der Waals surface area contributed by atoms with Crippen LogP contribution in [0.4, 0.5) is 0 Å². The minimum atomic E-state index is -0.152. The molecule has 0 unspecified atom stereocenters. The molecule has 2 aromatic carbocycles. The summed E-state index contributed by atoms with van der Waals surface area (Å²) in [5.74, 6) is 1.52. The number of rotatable bonds is 6. The third-order valence-electron chi connectivity index (χ3n) is 9.43. The van der Waals surface area contributed by atoms with Gasteiger partial charge in [-0.15, -0.1) is 0 Å². The van der Waals surface area contributed by atoms with Crippen molar-refractivity contribution >= 4 is 22.1 Å². The Morgan fingerprint density at radius 3 is 1.73 bits per heavy atom. The lowest BCUT2D eigenvalue weighted by Crippen LogP contribution is -2.35. The van der Waals surface area contributed by atoms with Crippen LogP contribution >= 0.6 is 0 Å². The number of piperidine rings is 2. The monoisotopic (exact) mass is 644 g/mol. The quantitative estimate of drug-likeness (QED) is 0.180. The number of aromatic nitrogens is 6. The summed E-state index contributed by atoms with van der Waals surface area (Å²) in [6.45, 7) is 9.38. The van der Waals surface area contributed by atoms with E-state index in [-0.39, 0.29) is 12.2 Å². The Morgan fingerprint density at radius 2 is 1.17 bits per heavy atom. The first-order chi connectivity index (χ1) is 23.4. The van der Waals surface area contributed by atoms with E-state index in [1.807, 2.05) is 73.8 Å². The van der Waals surface area contributed by atoms with Crippen LogP contribution in [0.3, 0.4) is 0 Å². The molecular formula is C38H44N8O2. The third kappa shape index (κ3) is 7.32. The van der Waals surface area contributed by atoms with E-state index in [2.05, 4.69) is 32.8 Å². The molecule has 248 valence electrons. The van der Waals surface area contributed by atoms with Gasteiger partial charge in [0.1, 0.15) is 11.3 Å². The van der Waals surface area contributed by atoms with Crippen molar-refractivity contribution in [2.75, 3.05) is 26.2 Å². The number of hydrogen-bond donors (Lipinski definition) is 4. The number of nitrogens with zero attached hydrogens (tertiary/aromatic N) is 6. The number of H-pyrrole nitrogens is 2. The minimum Gasteiger partial charge on any atom is -0.393 e. The normalized spacial score (nSPS) is 16.8. The number of nitrogens with one attached hydrogen (secondary N) is 2. The lowest BCUT2D eigenvalue weighted by Gasteiger charge is -2.29. The third-order valence-corrected chi connectivity index (χ3v) is 9.43. The van der Waals surface area contributed by atoms with Crippen molar-refractivity contribution in [1.29, 1.82) is 0 Å². The maximum absolute atomic E-state index is 9.71. The van der Waals surface area contributed by atoms with Gasteiger partial charge in [0, 0.05) is 73.1 Å². The lowest BCUT2D eigenvalue weighted by molar-refractivity contribution is 0.0787. The molecule has 48 heavy (non-hydrogen) atoms. The number of fused-ring (bicyclic) bond motifs is 2. The molecule has 4 aromatic heterocycles. The van der Waals surface area contributed by atoms with E-state index >= 15 is 0 Å². The van der Waals surface area contributed by atoms with Gasteiger partial charge in [-0.25, -0.2) is 19.9 Å². The van der Waals surface area contributed by atoms with E-state index in [4.69, 9.17) is 19.9 Å². The number of aliphatic hydroxyl groups is 2. The van der Waals surface area contributed by atoms with Crippen molar-refractivity contribution in [1.82, 2.24) is 39.7 Å². The average molecular weight is 645 g/mol. The first kappa shape index (κ1) is 32.1. The molecule has 2 aliphatic rings. The molecule has 10 heteroatoms. The van der Waals surface area contributed by atoms with Gasteiger partial charge in [-0.05, 0) is 51.2 Å². The summed E-state index contributed by atoms with van der Waals surface area (Å²) in [6, 6.07) is 22.3. The second-order valence-corrected chi connectivity index (χ2v) is 13.1. The zero-order valence-electron chi connectivity index (χ0n) is 27.7. The number of hydrogen-bond acceptors (Lipinski definition) is 8. The van der Waals surface area contributed by atoms with Gasteiger partial charge in [-0.3, -0.25) is 9.80 Å². The molecule has 6 heterocycles. The predicted octanol–water partition coefficient (Wildman–Crippen LogP) is 5.78. The fourth-order valence-corrected chi connectivity index (χ4v) is 6.72. The van der Waals surface area contributed by atoms with Gasteiger partial charge in [-0.2, -0.15) is 0 Å². The highest BCUT2D eigenvalue weighted by Gasteiger charge is 2.21. The first-order valence-electron chi connectivity index (χ1n) is 17.0. The number of aromatic amines is 2. The second kappa shape index (κ2) is 14.3. The fourth-order valence-electron chi connectivity index (χ4n) is 6.72. The molecule has 0 aliphatic carbocycles. The first-order valence-corrected chi connectivity index (χ1v) is 17.0. The Kier molecular flexibility index (Phi) is 9.58. The molecule has 2 saturated heterocycles. The van der Waals surface area contributed by atoms with Gasteiger partial charge in [0.05, 0.1) is 23.6 Å². The highest BCUT2D eigenvalue weighted by Crippen LogP contribution is 2.27. The summed E-state index contributed by atoms with van der Waals surface area (Å²) in [6.07, 6.45) is 5.05. The van der Waals surface area contributed by atoms with Gasteiger partial charge in [0.25, 0.3) is 0 Å². The van der Waals surface area contributed by atoms with Crippen LogP contribution in [0.2, 0.25) is 0 Å². The Morgan fingerprint density at radius 1 is 0.667 bits per heavy atom. The average Bonchev–Trinajstić information content (AvgIpc) is 3.69. The van der Waals surface area contributed by atoms with Crippen molar-refractivity contribution < 1.29 is 10.2 Å². The molecule has 8 rings (SSSR count). The molecular weight excluding hydrogens is 600 g/mol. The smallest absolute Gasteiger partial charge is 0.161 e. The Labute approximate surface area is 280 Å². The molecule has 4 N–H and O–H groups in total. The molecule has 2 fully saturated rings. The Bertz CT molecular complexity index is 1910. The predicted molar refractivity (Wildman–Crippen MR) is 189 cm³/mol. The molecule has 0 amide bonds. The summed E-state index contributed by atoms with van der Waals surface area (Å²) in [5, 5.41) is 21.6. The highest BCUT2D eigenvalue weighted by atomic mass is 16.3. The van der Waals surface area contributed by atoms with Crippen LogP contribution in [0.25, 0.3) is 44.8 Å². The SMILES string of the molecule is Cc1c[nH]c2nc(-c3ccccc3)nc(CN3CCC(O)CC3)c12.Cc1cc2c(CN3CCC(O)CC3)nc(-c3ccccc3)nc2[nH]1. The van der Waals surface area contributed by atoms with Crippen molar-refractivity contribution in [2.24, 2.45) is 0 Å². The zero-order chi connectivity index (χ0) is 33.0. The molecule has 2 aliphatic heterocycles. The lowest BCUT2D eigenvalue weighted by atomic mass is 10.1. The molecule has 0 saturated carbocycles. The van der Waals surface area contributed by atoms with Crippen LogP contribution in [-0.2, 0) is 13.1 Å². The van der Waals surface area contributed by atoms with Crippen LogP contribution in [0.5, 0.6) is 0 Å². The summed E-state index contributed by atoms with van der Waals surface area (Å²) in [5.41, 5.74) is 8.25. The van der Waals surface area contributed by atoms with Crippen molar-refractivity contribution in [2.45, 2.75) is 64.8 Å². The number of likely N-dealkylation sites (tertiary alicyclic amines) is 2. The summed E-state index contributed by atoms with van der Waals surface area (Å²) >= 11 is 0. The maximum atomic E-state index is 9.71. The molecule has 6 aromatic rings. The number of aliphatic hydroxyl groups excluding tert-OH is 2. The largest absolute Gasteiger partial charge is 0.393 e. The topological polar surface area (TPSA) is 130 Å². The second-order valence-electron chi connectivity index (χ2n) is 13.1. The van der Waals surface area contributed by atoms with Crippen LogP contribution in [-0.4, -0.2) is 88.3 Å². The standard InChI is InChI=1S/2C19H22N4O/c1-13-11-20-19-17(13)16(12-23-9-7-15(24)8-10-23)21-18(22-19)14-5-3-2-4-6-14;1-13-11-16-17(12-23-9-7-15(24)8-10-23)21-18(22-19(16)20-13)14-5-3-2-4-6-14/h2*2-6,11,15,24H,7-10,12H2,1H3,(H,20,21,22). The fraction of sp³-hybridized carbons (Fsp3) is 0.368. The molecule has 0 radical (unpaired) electrons. The van der Waals surface area contributed by atoms with E-state index in [0.29, 0.717) is 0 Å². The van der Waals surface area contributed by atoms with E-state index in [0.717, 1.165) is 127 Å². The summed E-state index contributed by atoms with van der Waals surface area (Å²) < 4.78 is 0. The van der Waals surface area contributed by atoms with Crippen LogP contribution < -0.4 is 0 Å². The van der Waals surface area contributed by atoms with E-state index in [9.17, 15) is 10.2 Å². The van der Waals surface area contributed by atoms with Gasteiger partial charge in [0.15, 0.2) is 11.6 Å². The van der Waals surface area contributed by atoms with Crippen molar-refractivity contribution in [3.8, 4) is 22.8 Å². The van der Waals surface area contributed by atoms with Crippen molar-refractivity contribution in [3.63, 3.8) is 0 Å². The molecule has 10 nitrogen and oxygen atoms in total. The molecule has 0 spiro atoms. The number of benzene rings is 2. The van der Waals surface area contributed by atoms with E-state index < -0.39 is 0 Å². The van der Waals surface area contributed by atoms with Crippen LogP contribution in [0, 0.1) is 13.8 Å². The van der Waals surface area contributed by atoms with Gasteiger partial charge < -0.3 is 20.2 Å². The van der Waals surface area contributed by atoms with Gasteiger partial charge in [0.2, 0.25) is 0 Å². The van der Waals surface area contributed by atoms with Crippen molar-refractivity contribution in [3.05, 3.63) is 95.6 Å². The summed E-state index contributed by atoms with van der Waals surface area (Å²) in [4.78, 5) is 30.5. The van der Waals surface area contributed by atoms with Gasteiger partial charge in [-0.1, -0.05) is 60.7 Å². The molecule has 0 bridgehead atoms. The maximum Gasteiger partial charge on any atom is 0.161 e. The Balaban J connectivity index is 0.000000152. The van der Waals surface area contributed by atoms with Crippen LogP contribution in [0.15, 0.2) is 72.9 Å². The Hall–Kier alpha value is -4.48. The number of aryl methyl sites for hydroxylation is 2. The molecule has 0 atom stereocenters. The highest BCUT2D eigenvalue weighted by molar-refractivity contribution is 5.84.